The van der Waals surface area contributed by atoms with Gasteiger partial charge in [-0.05, 0) is 63.9 Å². The molecule has 0 unspecified atom stereocenters. The fourth-order valence-electron chi connectivity index (χ4n) is 3.24. The van der Waals surface area contributed by atoms with Crippen LogP contribution in [0.25, 0.3) is 11.1 Å². The maximum atomic E-state index is 11.1. The van der Waals surface area contributed by atoms with Crippen LogP contribution < -0.4 is 4.74 Å². The summed E-state index contributed by atoms with van der Waals surface area (Å²) < 4.78 is 6.08. The van der Waals surface area contributed by atoms with Crippen LogP contribution in [0.5, 0.6) is 5.75 Å². The summed E-state index contributed by atoms with van der Waals surface area (Å²) in [4.78, 5) is 11.1. The minimum atomic E-state index is -0.824. The third-order valence-corrected chi connectivity index (χ3v) is 5.31. The molecule has 1 N–H and O–H groups in total. The summed E-state index contributed by atoms with van der Waals surface area (Å²) >= 11 is 5.99. The first kappa shape index (κ1) is 21.9. The minimum absolute atomic E-state index is 0.0563. The average molecular weight is 423 g/mol. The lowest BCUT2D eigenvalue weighted by Crippen LogP contribution is -2.11. The molecule has 4 heteroatoms. The molecular weight excluding hydrogens is 396 g/mol. The van der Waals surface area contributed by atoms with Crippen molar-refractivity contribution in [3.8, 4) is 16.9 Å². The van der Waals surface area contributed by atoms with E-state index in [9.17, 15) is 4.79 Å². The molecule has 30 heavy (non-hydrogen) atoms. The molecule has 3 aromatic carbocycles. The molecule has 0 spiro atoms. The van der Waals surface area contributed by atoms with Crippen LogP contribution in [0, 0.1) is 0 Å². The highest BCUT2D eigenvalue weighted by atomic mass is 35.5. The van der Waals surface area contributed by atoms with Gasteiger partial charge >= 0.3 is 5.97 Å². The van der Waals surface area contributed by atoms with Gasteiger partial charge in [0, 0.05) is 11.4 Å². The van der Waals surface area contributed by atoms with Crippen molar-refractivity contribution in [2.45, 2.75) is 45.6 Å². The summed E-state index contributed by atoms with van der Waals surface area (Å²) in [6.45, 7) is 7.01. The zero-order chi connectivity index (χ0) is 21.7. The van der Waals surface area contributed by atoms with Gasteiger partial charge in [0.2, 0.25) is 0 Å². The molecule has 0 saturated carbocycles. The summed E-state index contributed by atoms with van der Waals surface area (Å²) in [5.74, 6) is -0.107. The lowest BCUT2D eigenvalue weighted by molar-refractivity contribution is -0.136. The van der Waals surface area contributed by atoms with Crippen molar-refractivity contribution in [1.82, 2.24) is 0 Å². The molecule has 156 valence electrons. The van der Waals surface area contributed by atoms with Gasteiger partial charge in [0.05, 0.1) is 0 Å². The van der Waals surface area contributed by atoms with Crippen molar-refractivity contribution < 1.29 is 14.6 Å². The quantitative estimate of drug-likeness (QED) is 0.450. The predicted molar refractivity (Wildman–Crippen MR) is 122 cm³/mol. The Morgan fingerprint density at radius 3 is 2.17 bits per heavy atom. The van der Waals surface area contributed by atoms with E-state index >= 15 is 0 Å². The summed E-state index contributed by atoms with van der Waals surface area (Å²) in [6.07, 6.45) is 0.468. The van der Waals surface area contributed by atoms with Crippen molar-refractivity contribution in [3.05, 3.63) is 88.4 Å². The van der Waals surface area contributed by atoms with E-state index in [4.69, 9.17) is 21.4 Å². The van der Waals surface area contributed by atoms with E-state index in [0.717, 1.165) is 22.3 Å². The van der Waals surface area contributed by atoms with Crippen molar-refractivity contribution in [1.29, 1.82) is 0 Å². The molecule has 3 nitrogen and oxygen atoms in total. The molecule has 0 bridgehead atoms. The first-order chi connectivity index (χ1) is 14.2. The van der Waals surface area contributed by atoms with Crippen molar-refractivity contribution in [2.24, 2.45) is 0 Å². The monoisotopic (exact) mass is 422 g/mol. The number of aryl methyl sites for hydroxylation is 1. The first-order valence-electron chi connectivity index (χ1n) is 10.1. The predicted octanol–water partition coefficient (Wildman–Crippen LogP) is 6.90. The second-order valence-corrected chi connectivity index (χ2v) is 8.90. The maximum absolute atomic E-state index is 11.1. The Morgan fingerprint density at radius 1 is 0.933 bits per heavy atom. The third kappa shape index (κ3) is 5.87. The van der Waals surface area contributed by atoms with Gasteiger partial charge < -0.3 is 9.84 Å². The average Bonchev–Trinajstić information content (AvgIpc) is 2.71. The SMILES string of the molecule is CC(C)(C)c1ccc(COc2ccc(-c3ccc(Cl)cc3)cc2CCC(=O)O)cc1. The van der Waals surface area contributed by atoms with Crippen LogP contribution in [-0.2, 0) is 23.2 Å². The van der Waals surface area contributed by atoms with Crippen LogP contribution in [-0.4, -0.2) is 11.1 Å². The minimum Gasteiger partial charge on any atom is -0.489 e. The smallest absolute Gasteiger partial charge is 0.303 e. The van der Waals surface area contributed by atoms with E-state index in [1.54, 1.807) is 0 Å². The lowest BCUT2D eigenvalue weighted by atomic mass is 9.87. The molecule has 0 heterocycles. The number of carboxylic acid groups (broad SMARTS) is 1. The Kier molecular flexibility index (Phi) is 6.84. The lowest BCUT2D eigenvalue weighted by Gasteiger charge is -2.19. The van der Waals surface area contributed by atoms with E-state index in [0.29, 0.717) is 23.8 Å². The van der Waals surface area contributed by atoms with Crippen molar-refractivity contribution in [3.63, 3.8) is 0 Å². The third-order valence-electron chi connectivity index (χ3n) is 5.06. The highest BCUT2D eigenvalue weighted by Crippen LogP contribution is 2.29. The standard InChI is InChI=1S/C26H27ClO3/c1-26(2,3)22-10-4-18(5-11-22)17-30-24-14-8-20(16-21(24)9-15-25(28)29)19-6-12-23(27)13-7-19/h4-8,10-14,16H,9,15,17H2,1-3H3,(H,28,29). The van der Waals surface area contributed by atoms with Gasteiger partial charge in [0.15, 0.2) is 0 Å². The molecule has 0 fully saturated rings. The van der Waals surface area contributed by atoms with E-state index in [2.05, 4.69) is 45.0 Å². The van der Waals surface area contributed by atoms with Crippen LogP contribution in [0.3, 0.4) is 0 Å². The van der Waals surface area contributed by atoms with Crippen LogP contribution in [0.15, 0.2) is 66.7 Å². The zero-order valence-electron chi connectivity index (χ0n) is 17.6. The van der Waals surface area contributed by atoms with Gasteiger partial charge in [-0.1, -0.05) is 74.8 Å². The van der Waals surface area contributed by atoms with Crippen LogP contribution >= 0.6 is 11.6 Å². The number of hydrogen-bond acceptors (Lipinski definition) is 2. The normalized spacial score (nSPS) is 11.3. The second kappa shape index (κ2) is 9.36. The zero-order valence-corrected chi connectivity index (χ0v) is 18.4. The number of rotatable bonds is 7. The van der Waals surface area contributed by atoms with E-state index in [1.807, 2.05) is 42.5 Å². The molecule has 0 aliphatic rings. The van der Waals surface area contributed by atoms with Crippen molar-refractivity contribution in [2.75, 3.05) is 0 Å². The van der Waals surface area contributed by atoms with Gasteiger partial charge in [-0.3, -0.25) is 4.79 Å². The molecule has 0 radical (unpaired) electrons. The highest BCUT2D eigenvalue weighted by molar-refractivity contribution is 6.30. The van der Waals surface area contributed by atoms with E-state index < -0.39 is 5.97 Å². The fraction of sp³-hybridized carbons (Fsp3) is 0.269. The van der Waals surface area contributed by atoms with Crippen LogP contribution in [0.1, 0.15) is 43.9 Å². The van der Waals surface area contributed by atoms with Gasteiger partial charge in [-0.15, -0.1) is 0 Å². The number of carboxylic acids is 1. The molecule has 0 atom stereocenters. The largest absolute Gasteiger partial charge is 0.489 e. The second-order valence-electron chi connectivity index (χ2n) is 8.46. The molecule has 3 aromatic rings. The van der Waals surface area contributed by atoms with Gasteiger partial charge in [-0.2, -0.15) is 0 Å². The van der Waals surface area contributed by atoms with Gasteiger partial charge in [0.1, 0.15) is 12.4 Å². The van der Waals surface area contributed by atoms with E-state index in [-0.39, 0.29) is 11.8 Å². The Morgan fingerprint density at radius 2 is 1.57 bits per heavy atom. The number of benzene rings is 3. The summed E-state index contributed by atoms with van der Waals surface area (Å²) in [5, 5.41) is 9.81. The number of carbonyl (C=O) groups is 1. The Hall–Kier alpha value is -2.78. The first-order valence-corrected chi connectivity index (χ1v) is 10.4. The highest BCUT2D eigenvalue weighted by Gasteiger charge is 2.13. The molecule has 3 rings (SSSR count). The molecule has 0 saturated heterocycles. The molecular formula is C26H27ClO3. The Bertz CT molecular complexity index is 1000. The van der Waals surface area contributed by atoms with Crippen molar-refractivity contribution >= 4 is 17.6 Å². The topological polar surface area (TPSA) is 46.5 Å². The number of ether oxygens (including phenoxy) is 1. The number of halogens is 1. The maximum Gasteiger partial charge on any atom is 0.303 e. The fourth-order valence-corrected chi connectivity index (χ4v) is 3.37. The van der Waals surface area contributed by atoms with E-state index in [1.165, 1.54) is 5.56 Å². The number of hydrogen-bond donors (Lipinski definition) is 1. The summed E-state index contributed by atoms with van der Waals surface area (Å²) in [5.41, 5.74) is 5.39. The molecule has 0 aliphatic heterocycles. The van der Waals surface area contributed by atoms with Gasteiger partial charge in [0.25, 0.3) is 0 Å². The molecule has 0 aromatic heterocycles. The molecule has 0 amide bonds. The van der Waals surface area contributed by atoms with Gasteiger partial charge in [-0.25, -0.2) is 0 Å². The Balaban J connectivity index is 1.80. The summed E-state index contributed by atoms with van der Waals surface area (Å²) in [6, 6.07) is 22.0. The summed E-state index contributed by atoms with van der Waals surface area (Å²) in [7, 11) is 0. The van der Waals surface area contributed by atoms with Crippen LogP contribution in [0.2, 0.25) is 5.02 Å². The molecule has 0 aliphatic carbocycles. The van der Waals surface area contributed by atoms with Crippen LogP contribution in [0.4, 0.5) is 0 Å². The Labute approximate surface area is 183 Å². The number of aliphatic carboxylic acids is 1.